The molecular formula is C25H30F3N3O2. The first-order valence-corrected chi connectivity index (χ1v) is 11.5. The number of halogens is 3. The van der Waals surface area contributed by atoms with E-state index in [1.165, 1.54) is 12.1 Å². The lowest BCUT2D eigenvalue weighted by molar-refractivity contribution is -0.142. The van der Waals surface area contributed by atoms with Crippen molar-refractivity contribution in [3.63, 3.8) is 0 Å². The van der Waals surface area contributed by atoms with Crippen LogP contribution < -0.4 is 15.1 Å². The summed E-state index contributed by atoms with van der Waals surface area (Å²) in [5.74, 6) is -0.930. The first-order chi connectivity index (χ1) is 15.7. The predicted octanol–water partition coefficient (Wildman–Crippen LogP) is 5.40. The van der Waals surface area contributed by atoms with Crippen molar-refractivity contribution in [1.82, 2.24) is 0 Å². The van der Waals surface area contributed by atoms with Gasteiger partial charge in [-0.1, -0.05) is 12.1 Å². The second-order valence-electron chi connectivity index (χ2n) is 9.05. The highest BCUT2D eigenvalue weighted by Gasteiger charge is 2.31. The van der Waals surface area contributed by atoms with E-state index in [9.17, 15) is 23.1 Å². The minimum atomic E-state index is -4.34. The molecule has 2 fully saturated rings. The Bertz CT molecular complexity index is 979. The number of hydrogen-bond donors (Lipinski definition) is 2. The largest absolute Gasteiger partial charge is 0.481 e. The van der Waals surface area contributed by atoms with Gasteiger partial charge in [0, 0.05) is 49.3 Å². The van der Waals surface area contributed by atoms with Gasteiger partial charge in [0.2, 0.25) is 0 Å². The summed E-state index contributed by atoms with van der Waals surface area (Å²) in [6.07, 6.45) is -1.26. The number of benzene rings is 2. The van der Waals surface area contributed by atoms with Gasteiger partial charge < -0.3 is 20.2 Å². The molecular weight excluding hydrogens is 431 g/mol. The highest BCUT2D eigenvalue weighted by atomic mass is 19.4. The zero-order valence-electron chi connectivity index (χ0n) is 18.7. The van der Waals surface area contributed by atoms with E-state index in [4.69, 9.17) is 0 Å². The molecule has 2 aromatic carbocycles. The predicted molar refractivity (Wildman–Crippen MR) is 124 cm³/mol. The number of carbonyl (C=O) groups is 1. The summed E-state index contributed by atoms with van der Waals surface area (Å²) in [4.78, 5) is 15.5. The third-order valence-electron chi connectivity index (χ3n) is 6.82. The molecule has 4 rings (SSSR count). The Hall–Kier alpha value is -2.90. The molecule has 0 aromatic heterocycles. The smallest absolute Gasteiger partial charge is 0.416 e. The molecule has 0 radical (unpaired) electrons. The topological polar surface area (TPSA) is 55.8 Å². The maximum absolute atomic E-state index is 13.1. The first kappa shape index (κ1) is 23.3. The van der Waals surface area contributed by atoms with Gasteiger partial charge in [0.25, 0.3) is 0 Å². The number of rotatable bonds is 5. The lowest BCUT2D eigenvalue weighted by atomic mass is 9.86. The molecule has 0 unspecified atom stereocenters. The van der Waals surface area contributed by atoms with Crippen molar-refractivity contribution in [1.29, 1.82) is 0 Å². The fraction of sp³-hybridized carbons (Fsp3) is 0.480. The Morgan fingerprint density at radius 2 is 1.64 bits per heavy atom. The molecule has 1 saturated heterocycles. The Labute approximate surface area is 192 Å². The number of aliphatic carboxylic acids is 1. The monoisotopic (exact) mass is 461 g/mol. The van der Waals surface area contributed by atoms with Crippen molar-refractivity contribution < 1.29 is 23.1 Å². The van der Waals surface area contributed by atoms with Gasteiger partial charge in [-0.25, -0.2) is 0 Å². The van der Waals surface area contributed by atoms with Crippen molar-refractivity contribution in [2.24, 2.45) is 5.92 Å². The number of alkyl halides is 3. The quantitative estimate of drug-likeness (QED) is 0.625. The molecule has 2 aliphatic rings. The van der Waals surface area contributed by atoms with Crippen molar-refractivity contribution >= 4 is 23.0 Å². The van der Waals surface area contributed by atoms with Crippen LogP contribution >= 0.6 is 0 Å². The fourth-order valence-electron chi connectivity index (χ4n) is 4.84. The van der Waals surface area contributed by atoms with E-state index in [1.807, 2.05) is 4.90 Å². The molecule has 2 N–H and O–H groups in total. The van der Waals surface area contributed by atoms with Gasteiger partial charge in [0.1, 0.15) is 0 Å². The molecule has 1 heterocycles. The molecule has 1 saturated carbocycles. The van der Waals surface area contributed by atoms with Crippen LogP contribution in [-0.4, -0.2) is 43.3 Å². The van der Waals surface area contributed by atoms with Crippen LogP contribution in [0.3, 0.4) is 0 Å². The van der Waals surface area contributed by atoms with Crippen LogP contribution in [0.4, 0.5) is 30.2 Å². The molecule has 2 aromatic rings. The summed E-state index contributed by atoms with van der Waals surface area (Å²) >= 11 is 0. The van der Waals surface area contributed by atoms with Gasteiger partial charge >= 0.3 is 12.1 Å². The summed E-state index contributed by atoms with van der Waals surface area (Å²) in [7, 11) is 0. The molecule has 178 valence electrons. The molecule has 0 amide bonds. The second kappa shape index (κ2) is 9.53. The highest BCUT2D eigenvalue weighted by molar-refractivity contribution is 5.70. The normalized spacial score (nSPS) is 21.7. The lowest BCUT2D eigenvalue weighted by Crippen LogP contribution is -2.46. The maximum atomic E-state index is 13.1. The summed E-state index contributed by atoms with van der Waals surface area (Å²) in [6, 6.07) is 12.1. The van der Waals surface area contributed by atoms with Gasteiger partial charge in [-0.3, -0.25) is 4.79 Å². The minimum absolute atomic E-state index is 0.232. The number of carboxylic acids is 1. The van der Waals surface area contributed by atoms with E-state index in [0.29, 0.717) is 31.6 Å². The molecule has 1 aliphatic heterocycles. The number of hydrogen-bond acceptors (Lipinski definition) is 4. The van der Waals surface area contributed by atoms with Crippen molar-refractivity contribution in [3.05, 3.63) is 53.6 Å². The average Bonchev–Trinajstić information content (AvgIpc) is 2.80. The van der Waals surface area contributed by atoms with E-state index in [-0.39, 0.29) is 12.0 Å². The van der Waals surface area contributed by atoms with Gasteiger partial charge in [-0.2, -0.15) is 13.2 Å². The minimum Gasteiger partial charge on any atom is -0.481 e. The number of anilines is 3. The zero-order valence-corrected chi connectivity index (χ0v) is 18.7. The Kier molecular flexibility index (Phi) is 6.72. The number of carboxylic acid groups (broad SMARTS) is 1. The number of nitrogens with zero attached hydrogens (tertiary/aromatic N) is 2. The number of aryl methyl sites for hydroxylation is 1. The van der Waals surface area contributed by atoms with Gasteiger partial charge in [-0.05, 0) is 68.5 Å². The fourth-order valence-corrected chi connectivity index (χ4v) is 4.84. The third kappa shape index (κ3) is 5.54. The van der Waals surface area contributed by atoms with Crippen LogP contribution in [0.1, 0.15) is 36.8 Å². The van der Waals surface area contributed by atoms with E-state index in [0.717, 1.165) is 48.9 Å². The van der Waals surface area contributed by atoms with Crippen LogP contribution in [0.5, 0.6) is 0 Å². The second-order valence-corrected chi connectivity index (χ2v) is 9.05. The van der Waals surface area contributed by atoms with E-state index in [1.54, 1.807) is 6.07 Å². The number of nitrogens with one attached hydrogen (secondary N) is 1. The molecule has 0 bridgehead atoms. The van der Waals surface area contributed by atoms with Crippen LogP contribution in [-0.2, 0) is 11.0 Å². The van der Waals surface area contributed by atoms with E-state index in [2.05, 4.69) is 35.3 Å². The summed E-state index contributed by atoms with van der Waals surface area (Å²) in [6.45, 7) is 4.82. The molecule has 8 heteroatoms. The summed E-state index contributed by atoms with van der Waals surface area (Å²) in [5, 5.41) is 12.8. The summed E-state index contributed by atoms with van der Waals surface area (Å²) in [5.41, 5.74) is 3.29. The Balaban J connectivity index is 1.38. The van der Waals surface area contributed by atoms with Crippen LogP contribution in [0.2, 0.25) is 0 Å². The molecule has 0 spiro atoms. The van der Waals surface area contributed by atoms with Crippen LogP contribution in [0, 0.1) is 12.8 Å². The standard InChI is InChI=1S/C25H30F3N3O2/c1-17-5-8-21(29-20-9-6-18(7-10-20)24(32)33)16-23(17)31-13-11-30(12-14-31)22-4-2-3-19(15-22)25(26,27)28/h2-5,8,15-16,18,20,29H,6-7,9-14H2,1H3,(H,32,33). The van der Waals surface area contributed by atoms with Crippen LogP contribution in [0.25, 0.3) is 0 Å². The Morgan fingerprint density at radius 3 is 2.27 bits per heavy atom. The van der Waals surface area contributed by atoms with Crippen LogP contribution in [0.15, 0.2) is 42.5 Å². The van der Waals surface area contributed by atoms with Crippen molar-refractivity contribution in [2.45, 2.75) is 44.8 Å². The maximum Gasteiger partial charge on any atom is 0.416 e. The Morgan fingerprint density at radius 1 is 0.970 bits per heavy atom. The zero-order chi connectivity index (χ0) is 23.6. The highest BCUT2D eigenvalue weighted by Crippen LogP contribution is 2.33. The average molecular weight is 462 g/mol. The van der Waals surface area contributed by atoms with Gasteiger partial charge in [0.05, 0.1) is 11.5 Å². The summed E-state index contributed by atoms with van der Waals surface area (Å²) < 4.78 is 39.2. The number of piperazine rings is 1. The molecule has 0 atom stereocenters. The molecule has 5 nitrogen and oxygen atoms in total. The van der Waals surface area contributed by atoms with Gasteiger partial charge in [-0.15, -0.1) is 0 Å². The lowest BCUT2D eigenvalue weighted by Gasteiger charge is -2.38. The van der Waals surface area contributed by atoms with Crippen molar-refractivity contribution in [3.8, 4) is 0 Å². The third-order valence-corrected chi connectivity index (χ3v) is 6.82. The molecule has 33 heavy (non-hydrogen) atoms. The van der Waals surface area contributed by atoms with E-state index >= 15 is 0 Å². The van der Waals surface area contributed by atoms with Gasteiger partial charge in [0.15, 0.2) is 0 Å². The SMILES string of the molecule is Cc1ccc(NC2CCC(C(=O)O)CC2)cc1N1CCN(c2cccc(C(F)(F)F)c2)CC1. The first-order valence-electron chi connectivity index (χ1n) is 11.5. The van der Waals surface area contributed by atoms with E-state index < -0.39 is 17.7 Å². The molecule has 1 aliphatic carbocycles. The van der Waals surface area contributed by atoms with Crippen molar-refractivity contribution in [2.75, 3.05) is 41.3 Å².